The molecule has 0 aliphatic heterocycles. The molecule has 10 nitrogen and oxygen atoms in total. The Balaban J connectivity index is 0.00000288. The molecule has 3 N–H and O–H groups in total. The second kappa shape index (κ2) is 14.9. The molecule has 1 heterocycles. The molecule has 0 atom stereocenters. The molecule has 0 spiro atoms. The molecule has 1 saturated carbocycles. The van der Waals surface area contributed by atoms with E-state index in [1.807, 2.05) is 0 Å². The van der Waals surface area contributed by atoms with Crippen molar-refractivity contribution in [2.45, 2.75) is 32.1 Å². The van der Waals surface area contributed by atoms with Gasteiger partial charge in [-0.15, -0.1) is 0 Å². The number of benzene rings is 3. The second-order valence-electron chi connectivity index (χ2n) is 10.3. The Bertz CT molecular complexity index is 1740. The smallest absolute Gasteiger partial charge is 1.00 e. The number of aromatic nitrogens is 1. The van der Waals surface area contributed by atoms with E-state index in [2.05, 4.69) is 15.6 Å². The summed E-state index contributed by atoms with van der Waals surface area (Å²) in [6.45, 7) is 0.299. The van der Waals surface area contributed by atoms with Crippen LogP contribution in [0.5, 0.6) is 23.0 Å². The molecular formula is C32H30ClFN3NaO7. The minimum Gasteiger partial charge on any atom is -1.00 e. The van der Waals surface area contributed by atoms with Gasteiger partial charge >= 0.3 is 35.5 Å². The normalized spacial score (nSPS) is 12.9. The van der Waals surface area contributed by atoms with Crippen LogP contribution in [0.3, 0.4) is 0 Å². The van der Waals surface area contributed by atoms with Crippen molar-refractivity contribution in [3.63, 3.8) is 0 Å². The van der Waals surface area contributed by atoms with Crippen LogP contribution in [0, 0.1) is 11.2 Å². The van der Waals surface area contributed by atoms with Gasteiger partial charge in [0.2, 0.25) is 11.8 Å². The molecule has 13 heteroatoms. The van der Waals surface area contributed by atoms with Gasteiger partial charge in [-0.2, -0.15) is 0 Å². The number of carbonyl (C=O) groups is 3. The van der Waals surface area contributed by atoms with Crippen molar-refractivity contribution >= 4 is 51.7 Å². The molecule has 1 fully saturated rings. The number of anilines is 2. The minimum absolute atomic E-state index is 0. The number of carbonyl (C=O) groups excluding carboxylic acids is 2. The first-order chi connectivity index (χ1) is 21.2. The number of amides is 2. The number of nitrogens with zero attached hydrogens (tertiary/aromatic N) is 1. The number of unbranched alkanes of at least 4 members (excludes halogenated alkanes) is 1. The van der Waals surface area contributed by atoms with Crippen molar-refractivity contribution in [2.24, 2.45) is 5.41 Å². The van der Waals surface area contributed by atoms with Crippen LogP contribution in [0.1, 0.15) is 33.5 Å². The van der Waals surface area contributed by atoms with Crippen molar-refractivity contribution in [2.75, 3.05) is 24.4 Å². The quantitative estimate of drug-likeness (QED) is 0.113. The fraction of sp³-hybridized carbons (Fsp3) is 0.250. The second-order valence-corrected chi connectivity index (χ2v) is 10.7. The Morgan fingerprint density at radius 2 is 1.69 bits per heavy atom. The van der Waals surface area contributed by atoms with Crippen LogP contribution in [-0.2, 0) is 14.4 Å². The van der Waals surface area contributed by atoms with Gasteiger partial charge in [-0.3, -0.25) is 19.4 Å². The number of hydrogen-bond donors (Lipinski definition) is 3. The molecule has 3 aromatic carbocycles. The van der Waals surface area contributed by atoms with E-state index in [0.717, 1.165) is 6.07 Å². The summed E-state index contributed by atoms with van der Waals surface area (Å²) < 4.78 is 32.3. The topological polar surface area (TPSA) is 136 Å². The van der Waals surface area contributed by atoms with Crippen LogP contribution in [0.2, 0.25) is 5.02 Å². The predicted octanol–water partition coefficient (Wildman–Crippen LogP) is 3.94. The number of aliphatic carboxylic acids is 1. The Morgan fingerprint density at radius 3 is 2.33 bits per heavy atom. The van der Waals surface area contributed by atoms with Gasteiger partial charge in [0, 0.05) is 46.5 Å². The van der Waals surface area contributed by atoms with Gasteiger partial charge in [0.05, 0.1) is 19.2 Å². The summed E-state index contributed by atoms with van der Waals surface area (Å²) in [5.74, 6) is -1.51. The molecule has 1 aliphatic carbocycles. The monoisotopic (exact) mass is 645 g/mol. The summed E-state index contributed by atoms with van der Waals surface area (Å²) >= 11 is 5.98. The van der Waals surface area contributed by atoms with Crippen molar-refractivity contribution in [3.05, 3.63) is 77.7 Å². The van der Waals surface area contributed by atoms with Crippen LogP contribution < -0.4 is 54.4 Å². The third-order valence-corrected chi connectivity index (χ3v) is 7.38. The number of hydrogen-bond acceptors (Lipinski definition) is 7. The summed E-state index contributed by atoms with van der Waals surface area (Å²) in [5.41, 5.74) is -0.0802. The molecule has 1 aromatic heterocycles. The number of carboxylic acids is 1. The summed E-state index contributed by atoms with van der Waals surface area (Å²) in [4.78, 5) is 41.0. The first-order valence-electron chi connectivity index (χ1n) is 13.9. The van der Waals surface area contributed by atoms with Crippen molar-refractivity contribution in [1.29, 1.82) is 0 Å². The van der Waals surface area contributed by atoms with Crippen LogP contribution in [0.15, 0.2) is 66.9 Å². The molecular weight excluding hydrogens is 616 g/mol. The molecule has 0 saturated heterocycles. The number of pyridine rings is 1. The first-order valence-corrected chi connectivity index (χ1v) is 14.2. The number of ether oxygens (including phenoxy) is 3. The first kappa shape index (κ1) is 34.0. The van der Waals surface area contributed by atoms with Gasteiger partial charge in [0.15, 0.2) is 23.1 Å². The Labute approximate surface area is 287 Å². The van der Waals surface area contributed by atoms with Crippen molar-refractivity contribution in [1.82, 2.24) is 4.98 Å². The van der Waals surface area contributed by atoms with E-state index in [0.29, 0.717) is 71.2 Å². The van der Waals surface area contributed by atoms with E-state index >= 15 is 4.39 Å². The van der Waals surface area contributed by atoms with Crippen LogP contribution in [-0.4, -0.2) is 41.6 Å². The third kappa shape index (κ3) is 8.23. The summed E-state index contributed by atoms with van der Waals surface area (Å²) in [6, 6.07) is 15.5. The van der Waals surface area contributed by atoms with Gasteiger partial charge in [-0.25, -0.2) is 4.39 Å². The summed E-state index contributed by atoms with van der Waals surface area (Å²) in [6.07, 6.45) is 3.34. The van der Waals surface area contributed by atoms with Crippen LogP contribution in [0.25, 0.3) is 10.9 Å². The average Bonchev–Trinajstić information content (AvgIpc) is 3.80. The molecule has 1 aliphatic rings. The number of nitrogens with one attached hydrogen (secondary N) is 2. The van der Waals surface area contributed by atoms with Gasteiger partial charge < -0.3 is 31.4 Å². The number of methoxy groups -OCH3 is 1. The summed E-state index contributed by atoms with van der Waals surface area (Å²) in [7, 11) is 1.48. The maximum atomic E-state index is 15.2. The molecule has 0 unspecified atom stereocenters. The molecule has 0 radical (unpaired) electrons. The SMILES string of the molecule is COc1cc2c(Oc3ccc(NC(=O)C4(C(=O)Nc5cccc(Cl)c5)CC4)cc3F)ccnc2cc1OCCCCC(=O)O.[H-].[Na+]. The van der Waals surface area contributed by atoms with Crippen molar-refractivity contribution in [3.8, 4) is 23.0 Å². The Kier molecular flexibility index (Phi) is 11.3. The number of fused-ring (bicyclic) bond motifs is 1. The number of rotatable bonds is 13. The van der Waals surface area contributed by atoms with Gasteiger partial charge in [0.25, 0.3) is 0 Å². The Hall–Kier alpha value is -3.90. The zero-order valence-electron chi connectivity index (χ0n) is 25.7. The molecule has 45 heavy (non-hydrogen) atoms. The zero-order chi connectivity index (χ0) is 31.3. The molecule has 230 valence electrons. The maximum absolute atomic E-state index is 15.2. The molecule has 2 amide bonds. The summed E-state index contributed by atoms with van der Waals surface area (Å²) in [5, 5.41) is 15.2. The van der Waals surface area contributed by atoms with Crippen molar-refractivity contribution < 1.29 is 69.1 Å². The molecule has 4 aromatic rings. The average molecular weight is 646 g/mol. The third-order valence-electron chi connectivity index (χ3n) is 7.14. The van der Waals surface area contributed by atoms with Gasteiger partial charge in [-0.05, 0) is 68.1 Å². The zero-order valence-corrected chi connectivity index (χ0v) is 27.4. The molecule has 5 rings (SSSR count). The largest absolute Gasteiger partial charge is 1.00 e. The number of halogens is 2. The molecule has 0 bridgehead atoms. The van der Waals surface area contributed by atoms with Crippen LogP contribution >= 0.6 is 11.6 Å². The maximum Gasteiger partial charge on any atom is 1.00 e. The van der Waals surface area contributed by atoms with E-state index < -0.39 is 29.0 Å². The van der Waals surface area contributed by atoms with E-state index in [-0.39, 0.29) is 48.8 Å². The van der Waals surface area contributed by atoms with Gasteiger partial charge in [-0.1, -0.05) is 17.7 Å². The van der Waals surface area contributed by atoms with E-state index in [1.54, 1.807) is 42.5 Å². The fourth-order valence-electron chi connectivity index (χ4n) is 4.58. The fourth-order valence-corrected chi connectivity index (χ4v) is 4.77. The van der Waals surface area contributed by atoms with Gasteiger partial charge in [0.1, 0.15) is 11.2 Å². The predicted molar refractivity (Wildman–Crippen MR) is 163 cm³/mol. The van der Waals surface area contributed by atoms with E-state index in [1.165, 1.54) is 25.4 Å². The van der Waals surface area contributed by atoms with E-state index in [4.69, 9.17) is 30.9 Å². The standard InChI is InChI=1S/C32H29ClFN3O7.Na.H/c1-42-27-17-22-24(18-28(27)43-14-3-2-7-29(38)39)35-13-10-25(22)44-26-9-8-21(16-23(26)34)37-31(41)32(11-12-32)30(40)36-20-6-4-5-19(33)15-20;;/h4-6,8-10,13,15-18H,2-3,7,11-12,14H2,1H3,(H,36,40)(H,37,41)(H,38,39);;/q;+1;-1. The minimum atomic E-state index is -1.25. The Morgan fingerprint density at radius 1 is 0.956 bits per heavy atom. The van der Waals surface area contributed by atoms with E-state index in [9.17, 15) is 14.4 Å². The number of carboxylic acid groups (broad SMARTS) is 1. The van der Waals surface area contributed by atoms with Crippen LogP contribution in [0.4, 0.5) is 15.8 Å².